The Morgan fingerprint density at radius 2 is 1.94 bits per heavy atom. The monoisotopic (exact) mass is 219 g/mol. The van der Waals surface area contributed by atoms with Gasteiger partial charge in [-0.1, -0.05) is 6.92 Å². The van der Waals surface area contributed by atoms with E-state index in [1.165, 1.54) is 19.3 Å². The smallest absolute Gasteiger partial charge is 0.134 e. The quantitative estimate of drug-likeness (QED) is 0.830. The first kappa shape index (κ1) is 11.4. The molecule has 0 aromatic carbocycles. The minimum Gasteiger partial charge on any atom is -0.373 e. The first-order valence-corrected chi connectivity index (χ1v) is 6.14. The molecule has 3 nitrogen and oxygen atoms in total. The molecule has 2 atom stereocenters. The Labute approximate surface area is 97.7 Å². The van der Waals surface area contributed by atoms with Crippen LogP contribution >= 0.6 is 0 Å². The van der Waals surface area contributed by atoms with E-state index in [2.05, 4.69) is 36.1 Å². The number of hydrogen-bond acceptors (Lipinski definition) is 3. The van der Waals surface area contributed by atoms with Crippen molar-refractivity contribution in [1.82, 2.24) is 9.97 Å². The predicted molar refractivity (Wildman–Crippen MR) is 66.8 cm³/mol. The summed E-state index contributed by atoms with van der Waals surface area (Å²) in [6, 6.07) is 0. The number of rotatable bonds is 2. The largest absolute Gasteiger partial charge is 0.373 e. The second-order valence-electron chi connectivity index (χ2n) is 5.01. The Kier molecular flexibility index (Phi) is 3.13. The van der Waals surface area contributed by atoms with Crippen LogP contribution in [0.3, 0.4) is 0 Å². The summed E-state index contributed by atoms with van der Waals surface area (Å²) in [7, 11) is 1.93. The zero-order chi connectivity index (χ0) is 11.7. The zero-order valence-electron chi connectivity index (χ0n) is 10.7. The molecule has 1 fully saturated rings. The summed E-state index contributed by atoms with van der Waals surface area (Å²) in [5, 5.41) is 3.16. The lowest BCUT2D eigenvalue weighted by atomic mass is 10.1. The van der Waals surface area contributed by atoms with Crippen molar-refractivity contribution in [3.8, 4) is 0 Å². The van der Waals surface area contributed by atoms with Crippen molar-refractivity contribution in [2.75, 3.05) is 12.4 Å². The Hall–Kier alpha value is -1.12. The molecular formula is C13H21N3. The second-order valence-corrected chi connectivity index (χ2v) is 5.01. The highest BCUT2D eigenvalue weighted by Crippen LogP contribution is 2.37. The highest BCUT2D eigenvalue weighted by atomic mass is 15.0. The number of nitrogens with one attached hydrogen (secondary N) is 1. The fourth-order valence-electron chi connectivity index (χ4n) is 2.52. The maximum absolute atomic E-state index is 4.65. The van der Waals surface area contributed by atoms with Gasteiger partial charge in [-0.05, 0) is 39.0 Å². The molecule has 1 aliphatic carbocycles. The molecule has 1 aromatic heterocycles. The predicted octanol–water partition coefficient (Wildman–Crippen LogP) is 3.04. The van der Waals surface area contributed by atoms with Gasteiger partial charge in [-0.2, -0.15) is 0 Å². The van der Waals surface area contributed by atoms with Gasteiger partial charge in [0.1, 0.15) is 11.6 Å². The van der Waals surface area contributed by atoms with Gasteiger partial charge in [-0.3, -0.25) is 0 Å². The average molecular weight is 219 g/mol. The van der Waals surface area contributed by atoms with E-state index in [0.717, 1.165) is 28.8 Å². The minimum absolute atomic E-state index is 0.571. The third-order valence-electron chi connectivity index (χ3n) is 3.70. The SMILES string of the molecule is CNc1nc(C2CCC(C)C2)nc(C)c1C. The summed E-state index contributed by atoms with van der Waals surface area (Å²) >= 11 is 0. The molecule has 1 heterocycles. The van der Waals surface area contributed by atoms with Crippen LogP contribution in [-0.2, 0) is 0 Å². The fraction of sp³-hybridized carbons (Fsp3) is 0.692. The van der Waals surface area contributed by atoms with E-state index in [1.807, 2.05) is 7.05 Å². The van der Waals surface area contributed by atoms with Crippen molar-refractivity contribution >= 4 is 5.82 Å². The standard InChI is InChI=1S/C13H21N3/c1-8-5-6-11(7-8)13-15-10(3)9(2)12(14-4)16-13/h8,11H,5-7H2,1-4H3,(H,14,15,16). The van der Waals surface area contributed by atoms with Crippen LogP contribution in [0, 0.1) is 19.8 Å². The molecule has 0 saturated heterocycles. The van der Waals surface area contributed by atoms with Crippen molar-refractivity contribution < 1.29 is 0 Å². The molecule has 16 heavy (non-hydrogen) atoms. The Bertz CT molecular complexity index is 387. The van der Waals surface area contributed by atoms with Crippen LogP contribution in [0.5, 0.6) is 0 Å². The molecule has 0 aliphatic heterocycles. The van der Waals surface area contributed by atoms with Gasteiger partial charge in [0.15, 0.2) is 0 Å². The van der Waals surface area contributed by atoms with Gasteiger partial charge in [0.25, 0.3) is 0 Å². The third kappa shape index (κ3) is 2.04. The molecule has 3 heteroatoms. The first-order chi connectivity index (χ1) is 7.61. The van der Waals surface area contributed by atoms with Crippen LogP contribution in [0.4, 0.5) is 5.82 Å². The molecule has 0 amide bonds. The molecule has 0 spiro atoms. The van der Waals surface area contributed by atoms with Gasteiger partial charge >= 0.3 is 0 Å². The maximum atomic E-state index is 4.65. The number of hydrogen-bond donors (Lipinski definition) is 1. The Balaban J connectivity index is 2.31. The van der Waals surface area contributed by atoms with E-state index >= 15 is 0 Å². The number of aryl methyl sites for hydroxylation is 1. The zero-order valence-corrected chi connectivity index (χ0v) is 10.7. The van der Waals surface area contributed by atoms with Crippen LogP contribution in [0.15, 0.2) is 0 Å². The van der Waals surface area contributed by atoms with Gasteiger partial charge in [-0.15, -0.1) is 0 Å². The number of anilines is 1. The van der Waals surface area contributed by atoms with Crippen molar-refractivity contribution in [3.63, 3.8) is 0 Å². The molecule has 1 aromatic rings. The Morgan fingerprint density at radius 3 is 2.50 bits per heavy atom. The lowest BCUT2D eigenvalue weighted by Gasteiger charge is -2.13. The highest BCUT2D eigenvalue weighted by molar-refractivity contribution is 5.45. The van der Waals surface area contributed by atoms with Gasteiger partial charge in [0, 0.05) is 24.2 Å². The molecule has 0 radical (unpaired) electrons. The van der Waals surface area contributed by atoms with Gasteiger partial charge in [-0.25, -0.2) is 9.97 Å². The topological polar surface area (TPSA) is 37.8 Å². The highest BCUT2D eigenvalue weighted by Gasteiger charge is 2.25. The number of aromatic nitrogens is 2. The minimum atomic E-state index is 0.571. The lowest BCUT2D eigenvalue weighted by molar-refractivity contribution is 0.584. The summed E-state index contributed by atoms with van der Waals surface area (Å²) in [6.45, 7) is 6.46. The molecule has 2 rings (SSSR count). The second kappa shape index (κ2) is 4.40. The molecule has 88 valence electrons. The maximum Gasteiger partial charge on any atom is 0.134 e. The van der Waals surface area contributed by atoms with Crippen LogP contribution in [0.1, 0.15) is 49.2 Å². The van der Waals surface area contributed by atoms with E-state index in [1.54, 1.807) is 0 Å². The van der Waals surface area contributed by atoms with Crippen molar-refractivity contribution in [1.29, 1.82) is 0 Å². The van der Waals surface area contributed by atoms with E-state index in [0.29, 0.717) is 5.92 Å². The average Bonchev–Trinajstić information content (AvgIpc) is 2.69. The molecular weight excluding hydrogens is 198 g/mol. The van der Waals surface area contributed by atoms with Gasteiger partial charge < -0.3 is 5.32 Å². The molecule has 0 bridgehead atoms. The fourth-order valence-corrected chi connectivity index (χ4v) is 2.52. The first-order valence-electron chi connectivity index (χ1n) is 6.14. The molecule has 1 aliphatic rings. The third-order valence-corrected chi connectivity index (χ3v) is 3.70. The van der Waals surface area contributed by atoms with E-state index in [9.17, 15) is 0 Å². The summed E-state index contributed by atoms with van der Waals surface area (Å²) in [6.07, 6.45) is 3.80. The molecule has 1 N–H and O–H groups in total. The summed E-state index contributed by atoms with van der Waals surface area (Å²) in [5.74, 6) is 3.42. The van der Waals surface area contributed by atoms with Gasteiger partial charge in [0.2, 0.25) is 0 Å². The van der Waals surface area contributed by atoms with Crippen molar-refractivity contribution in [2.45, 2.75) is 46.0 Å². The van der Waals surface area contributed by atoms with E-state index < -0.39 is 0 Å². The Morgan fingerprint density at radius 1 is 1.19 bits per heavy atom. The van der Waals surface area contributed by atoms with Gasteiger partial charge in [0.05, 0.1) is 0 Å². The van der Waals surface area contributed by atoms with Crippen LogP contribution < -0.4 is 5.32 Å². The summed E-state index contributed by atoms with van der Waals surface area (Å²) in [4.78, 5) is 9.29. The van der Waals surface area contributed by atoms with Crippen molar-refractivity contribution in [2.24, 2.45) is 5.92 Å². The van der Waals surface area contributed by atoms with E-state index in [4.69, 9.17) is 0 Å². The van der Waals surface area contributed by atoms with Crippen LogP contribution in [0.2, 0.25) is 0 Å². The summed E-state index contributed by atoms with van der Waals surface area (Å²) < 4.78 is 0. The van der Waals surface area contributed by atoms with Crippen LogP contribution in [-0.4, -0.2) is 17.0 Å². The molecule has 2 unspecified atom stereocenters. The molecule has 1 saturated carbocycles. The number of nitrogens with zero attached hydrogens (tertiary/aromatic N) is 2. The summed E-state index contributed by atoms with van der Waals surface area (Å²) in [5.41, 5.74) is 2.27. The van der Waals surface area contributed by atoms with E-state index in [-0.39, 0.29) is 0 Å². The lowest BCUT2D eigenvalue weighted by Crippen LogP contribution is -2.08. The van der Waals surface area contributed by atoms with Crippen molar-refractivity contribution in [3.05, 3.63) is 17.1 Å². The normalized spacial score (nSPS) is 24.8. The van der Waals surface area contributed by atoms with Crippen LogP contribution in [0.25, 0.3) is 0 Å².